The van der Waals surface area contributed by atoms with Gasteiger partial charge in [-0.1, -0.05) is 140 Å². The third-order valence-electron chi connectivity index (χ3n) is 9.19. The van der Waals surface area contributed by atoms with Crippen molar-refractivity contribution in [2.24, 2.45) is 0 Å². The Morgan fingerprint density at radius 1 is 0.205 bits per heavy atom. The summed E-state index contributed by atoms with van der Waals surface area (Å²) >= 11 is 0. The topological polar surface area (TPSA) is 0 Å². The third kappa shape index (κ3) is 4.00. The van der Waals surface area contributed by atoms with Crippen molar-refractivity contribution in [1.29, 1.82) is 0 Å². The zero-order valence-corrected chi connectivity index (χ0v) is 24.2. The minimum atomic E-state index is 1.23. The molecule has 0 spiro atoms. The van der Waals surface area contributed by atoms with Crippen molar-refractivity contribution < 1.29 is 0 Å². The molecule has 0 amide bonds. The van der Waals surface area contributed by atoms with Gasteiger partial charge < -0.3 is 0 Å². The molecule has 0 saturated carbocycles. The molecular formula is C44H28. The Morgan fingerprint density at radius 3 is 1.20 bits per heavy atom. The zero-order chi connectivity index (χ0) is 29.0. The fraction of sp³-hybridized carbons (Fsp3) is 0. The van der Waals surface area contributed by atoms with E-state index < -0.39 is 0 Å². The van der Waals surface area contributed by atoms with Gasteiger partial charge in [0.15, 0.2) is 0 Å². The molecule has 0 radical (unpaired) electrons. The molecule has 0 fully saturated rings. The van der Waals surface area contributed by atoms with E-state index in [1.165, 1.54) is 87.2 Å². The molecule has 9 rings (SSSR count). The molecule has 0 aromatic heterocycles. The lowest BCUT2D eigenvalue weighted by molar-refractivity contribution is 1.62. The average molecular weight is 557 g/mol. The first-order chi connectivity index (χ1) is 21.8. The van der Waals surface area contributed by atoms with E-state index in [9.17, 15) is 0 Å². The predicted molar refractivity (Wildman–Crippen MR) is 190 cm³/mol. The van der Waals surface area contributed by atoms with Crippen LogP contribution in [0.3, 0.4) is 0 Å². The van der Waals surface area contributed by atoms with Crippen LogP contribution in [-0.4, -0.2) is 0 Å². The molecular weight excluding hydrogens is 528 g/mol. The molecule has 0 heteroatoms. The van der Waals surface area contributed by atoms with E-state index in [1.807, 2.05) is 0 Å². The van der Waals surface area contributed by atoms with Gasteiger partial charge in [0.25, 0.3) is 0 Å². The minimum Gasteiger partial charge on any atom is -0.0616 e. The van der Waals surface area contributed by atoms with Crippen LogP contribution in [0.1, 0.15) is 0 Å². The number of benzene rings is 9. The van der Waals surface area contributed by atoms with E-state index in [0.29, 0.717) is 0 Å². The van der Waals surface area contributed by atoms with Crippen molar-refractivity contribution in [2.45, 2.75) is 0 Å². The molecule has 0 aliphatic carbocycles. The summed E-state index contributed by atoms with van der Waals surface area (Å²) in [6.07, 6.45) is 0. The Morgan fingerprint density at radius 2 is 0.614 bits per heavy atom. The zero-order valence-electron chi connectivity index (χ0n) is 24.2. The molecule has 0 nitrogen and oxygen atoms in total. The van der Waals surface area contributed by atoms with E-state index in [4.69, 9.17) is 0 Å². The second kappa shape index (κ2) is 9.93. The molecule has 0 atom stereocenters. The maximum absolute atomic E-state index is 2.34. The highest BCUT2D eigenvalue weighted by molar-refractivity contribution is 6.15. The highest BCUT2D eigenvalue weighted by atomic mass is 14.2. The van der Waals surface area contributed by atoms with Gasteiger partial charge in [0.05, 0.1) is 0 Å². The molecule has 204 valence electrons. The Kier molecular flexibility index (Phi) is 5.61. The molecule has 9 aromatic carbocycles. The Balaban J connectivity index is 1.14. The van der Waals surface area contributed by atoms with Crippen LogP contribution in [-0.2, 0) is 0 Å². The summed E-state index contributed by atoms with van der Waals surface area (Å²) in [6, 6.07) is 62.3. The normalized spacial score (nSPS) is 11.6. The number of hydrogen-bond donors (Lipinski definition) is 0. The van der Waals surface area contributed by atoms with Crippen LogP contribution in [0.4, 0.5) is 0 Å². The maximum Gasteiger partial charge on any atom is -0.00988 e. The molecule has 0 heterocycles. The van der Waals surface area contributed by atoms with Gasteiger partial charge >= 0.3 is 0 Å². The number of fused-ring (bicyclic) bond motifs is 7. The fourth-order valence-corrected chi connectivity index (χ4v) is 7.05. The highest BCUT2D eigenvalue weighted by Gasteiger charge is 2.11. The predicted octanol–water partition coefficient (Wildman–Crippen LogP) is 12.5. The Hall–Kier alpha value is -5.72. The van der Waals surface area contributed by atoms with Gasteiger partial charge in [-0.3, -0.25) is 0 Å². The minimum absolute atomic E-state index is 1.23. The number of hydrogen-bond acceptors (Lipinski definition) is 0. The summed E-state index contributed by atoms with van der Waals surface area (Å²) in [5, 5.41) is 12.8. The first kappa shape index (κ1) is 24.8. The smallest absolute Gasteiger partial charge is 0.00988 e. The Bertz CT molecular complexity index is 2550. The van der Waals surface area contributed by atoms with Crippen molar-refractivity contribution >= 4 is 53.9 Å². The van der Waals surface area contributed by atoms with Crippen LogP contribution in [0, 0.1) is 0 Å². The van der Waals surface area contributed by atoms with Crippen molar-refractivity contribution in [3.63, 3.8) is 0 Å². The second-order valence-electron chi connectivity index (χ2n) is 11.7. The summed E-state index contributed by atoms with van der Waals surface area (Å²) in [5.41, 5.74) is 7.50. The molecule has 0 N–H and O–H groups in total. The van der Waals surface area contributed by atoms with Crippen LogP contribution in [0.5, 0.6) is 0 Å². The average Bonchev–Trinajstić information content (AvgIpc) is 3.10. The van der Waals surface area contributed by atoms with E-state index in [-0.39, 0.29) is 0 Å². The quantitative estimate of drug-likeness (QED) is 0.190. The molecule has 44 heavy (non-hydrogen) atoms. The van der Waals surface area contributed by atoms with Crippen molar-refractivity contribution in [3.8, 4) is 33.4 Å². The lowest BCUT2D eigenvalue weighted by Crippen LogP contribution is -1.87. The molecule has 0 aliphatic heterocycles. The van der Waals surface area contributed by atoms with E-state index in [0.717, 1.165) is 0 Å². The second-order valence-corrected chi connectivity index (χ2v) is 11.7. The van der Waals surface area contributed by atoms with Crippen LogP contribution in [0.15, 0.2) is 170 Å². The summed E-state index contributed by atoms with van der Waals surface area (Å²) in [5.74, 6) is 0. The largest absolute Gasteiger partial charge is 0.0616 e. The summed E-state index contributed by atoms with van der Waals surface area (Å²) < 4.78 is 0. The fourth-order valence-electron chi connectivity index (χ4n) is 7.05. The van der Waals surface area contributed by atoms with Gasteiger partial charge in [0.2, 0.25) is 0 Å². The molecule has 0 bridgehead atoms. The molecule has 0 aliphatic rings. The molecule has 9 aromatic rings. The van der Waals surface area contributed by atoms with Crippen LogP contribution in [0.25, 0.3) is 87.2 Å². The van der Waals surface area contributed by atoms with Gasteiger partial charge in [-0.15, -0.1) is 0 Å². The standard InChI is InChI=1S/C44H28/c1-3-14-37-34(10-1)27-43(41-18-7-5-16-39(37)41)33-13-9-12-29(25-33)30-20-21-32-26-36(23-22-31(32)24-30)44-28-35-11-2-4-15-38(35)40-17-6-8-19-42(40)44/h1-28H. The first-order valence-electron chi connectivity index (χ1n) is 15.3. The van der Waals surface area contributed by atoms with Gasteiger partial charge in [-0.2, -0.15) is 0 Å². The Labute approximate surface area is 256 Å². The van der Waals surface area contributed by atoms with Crippen LogP contribution < -0.4 is 0 Å². The third-order valence-corrected chi connectivity index (χ3v) is 9.19. The van der Waals surface area contributed by atoms with Gasteiger partial charge in [-0.05, 0) is 118 Å². The summed E-state index contributed by atoms with van der Waals surface area (Å²) in [6.45, 7) is 0. The van der Waals surface area contributed by atoms with E-state index in [1.54, 1.807) is 0 Å². The van der Waals surface area contributed by atoms with Gasteiger partial charge in [-0.25, -0.2) is 0 Å². The van der Waals surface area contributed by atoms with Gasteiger partial charge in [0.1, 0.15) is 0 Å². The molecule has 0 saturated heterocycles. The van der Waals surface area contributed by atoms with Crippen LogP contribution in [0.2, 0.25) is 0 Å². The maximum atomic E-state index is 2.34. The lowest BCUT2D eigenvalue weighted by atomic mass is 9.91. The molecule has 0 unspecified atom stereocenters. The first-order valence-corrected chi connectivity index (χ1v) is 15.3. The van der Waals surface area contributed by atoms with Crippen molar-refractivity contribution in [2.75, 3.05) is 0 Å². The van der Waals surface area contributed by atoms with E-state index >= 15 is 0 Å². The number of rotatable bonds is 3. The van der Waals surface area contributed by atoms with Gasteiger partial charge in [0, 0.05) is 0 Å². The monoisotopic (exact) mass is 556 g/mol. The van der Waals surface area contributed by atoms with E-state index in [2.05, 4.69) is 170 Å². The van der Waals surface area contributed by atoms with Crippen molar-refractivity contribution in [1.82, 2.24) is 0 Å². The highest BCUT2D eigenvalue weighted by Crippen LogP contribution is 2.38. The van der Waals surface area contributed by atoms with Crippen molar-refractivity contribution in [3.05, 3.63) is 170 Å². The van der Waals surface area contributed by atoms with Crippen LogP contribution >= 0.6 is 0 Å². The summed E-state index contributed by atoms with van der Waals surface area (Å²) in [4.78, 5) is 0. The lowest BCUT2D eigenvalue weighted by Gasteiger charge is -2.13. The summed E-state index contributed by atoms with van der Waals surface area (Å²) in [7, 11) is 0. The SMILES string of the molecule is c1cc(-c2ccc3cc(-c4cc5ccccc5c5ccccc45)ccc3c2)cc(-c2cc3ccccc3c3ccccc23)c1.